The van der Waals surface area contributed by atoms with Crippen molar-refractivity contribution in [1.82, 2.24) is 15.3 Å². The number of carbonyl (C=O) groups is 5. The van der Waals surface area contributed by atoms with Crippen LogP contribution in [0.1, 0.15) is 76.9 Å². The van der Waals surface area contributed by atoms with Gasteiger partial charge in [0.15, 0.2) is 17.3 Å². The first-order valence-corrected chi connectivity index (χ1v) is 13.0. The van der Waals surface area contributed by atoms with Gasteiger partial charge in [0.1, 0.15) is 5.69 Å². The third kappa shape index (κ3) is 9.08. The van der Waals surface area contributed by atoms with Gasteiger partial charge in [0.2, 0.25) is 11.7 Å². The van der Waals surface area contributed by atoms with Crippen LogP contribution in [-0.4, -0.2) is 45.0 Å². The summed E-state index contributed by atoms with van der Waals surface area (Å²) in [5.74, 6) is -3.82. The van der Waals surface area contributed by atoms with Crippen LogP contribution in [0.4, 0.5) is 0 Å². The molecule has 0 bridgehead atoms. The van der Waals surface area contributed by atoms with E-state index < -0.39 is 40.8 Å². The maximum atomic E-state index is 13.2. The van der Waals surface area contributed by atoms with Crippen molar-refractivity contribution in [3.8, 4) is 0 Å². The highest BCUT2D eigenvalue weighted by molar-refractivity contribution is 6.38. The van der Waals surface area contributed by atoms with Gasteiger partial charge in [-0.15, -0.1) is 0 Å². The Morgan fingerprint density at radius 2 is 1.58 bits per heavy atom. The lowest BCUT2D eigenvalue weighted by molar-refractivity contribution is -0.141. The molecule has 204 valence electrons. The van der Waals surface area contributed by atoms with Crippen molar-refractivity contribution >= 4 is 29.0 Å². The zero-order valence-electron chi connectivity index (χ0n) is 23.2. The number of benzene rings is 1. The lowest BCUT2D eigenvalue weighted by Crippen LogP contribution is -2.46. The van der Waals surface area contributed by atoms with E-state index >= 15 is 0 Å². The Bertz CT molecular complexity index is 1120. The van der Waals surface area contributed by atoms with Gasteiger partial charge in [-0.2, -0.15) is 0 Å². The van der Waals surface area contributed by atoms with E-state index in [0.29, 0.717) is 6.42 Å². The quantitative estimate of drug-likeness (QED) is 0.292. The average Bonchev–Trinajstić information content (AvgIpc) is 2.88. The standard InChI is InChI=1S/C30H39N3O5/c1-19(2)22(28(37)25(34)13-12-21-10-8-7-9-11-21)16-26(35)20(3)33-29(38)23(30(4,5)6)17-27(36)24-18-31-14-15-32-24/h7-11,14-15,18-20,22-23H,12-13,16-17H2,1-6H3,(H,33,38)/t20-,22-,23+/m0/s1. The van der Waals surface area contributed by atoms with Gasteiger partial charge in [0, 0.05) is 37.6 Å². The van der Waals surface area contributed by atoms with E-state index in [1.165, 1.54) is 18.6 Å². The molecule has 8 nitrogen and oxygen atoms in total. The van der Waals surface area contributed by atoms with Gasteiger partial charge in [-0.05, 0) is 30.2 Å². The molecule has 0 aliphatic rings. The Labute approximate surface area is 225 Å². The van der Waals surface area contributed by atoms with Crippen LogP contribution in [0.5, 0.6) is 0 Å². The number of hydrogen-bond acceptors (Lipinski definition) is 7. The summed E-state index contributed by atoms with van der Waals surface area (Å²) in [6.07, 6.45) is 4.54. The van der Waals surface area contributed by atoms with E-state index in [-0.39, 0.29) is 42.4 Å². The van der Waals surface area contributed by atoms with E-state index in [9.17, 15) is 24.0 Å². The fourth-order valence-corrected chi connectivity index (χ4v) is 4.18. The monoisotopic (exact) mass is 521 g/mol. The van der Waals surface area contributed by atoms with Crippen LogP contribution in [0.15, 0.2) is 48.9 Å². The normalized spacial score (nSPS) is 13.9. The van der Waals surface area contributed by atoms with Crippen LogP contribution in [0, 0.1) is 23.2 Å². The highest BCUT2D eigenvalue weighted by Gasteiger charge is 2.36. The Morgan fingerprint density at radius 3 is 2.13 bits per heavy atom. The van der Waals surface area contributed by atoms with E-state index in [1.807, 2.05) is 51.1 Å². The first-order chi connectivity index (χ1) is 17.8. The number of amides is 1. The third-order valence-electron chi connectivity index (χ3n) is 6.76. The van der Waals surface area contributed by atoms with Gasteiger partial charge < -0.3 is 5.32 Å². The van der Waals surface area contributed by atoms with Gasteiger partial charge in [-0.1, -0.05) is 65.0 Å². The molecule has 0 aliphatic heterocycles. The lowest BCUT2D eigenvalue weighted by atomic mass is 9.76. The van der Waals surface area contributed by atoms with Crippen LogP contribution < -0.4 is 5.32 Å². The third-order valence-corrected chi connectivity index (χ3v) is 6.76. The van der Waals surface area contributed by atoms with Crippen LogP contribution in [-0.2, 0) is 25.6 Å². The molecule has 3 atom stereocenters. The second kappa shape index (κ2) is 13.8. The van der Waals surface area contributed by atoms with E-state index in [0.717, 1.165) is 5.56 Å². The second-order valence-electron chi connectivity index (χ2n) is 11.2. The van der Waals surface area contributed by atoms with Gasteiger partial charge in [-0.3, -0.25) is 29.0 Å². The Hall–Kier alpha value is -3.55. The minimum atomic E-state index is -0.882. The highest BCUT2D eigenvalue weighted by Crippen LogP contribution is 2.30. The number of ketones is 4. The average molecular weight is 522 g/mol. The van der Waals surface area contributed by atoms with Crippen molar-refractivity contribution < 1.29 is 24.0 Å². The van der Waals surface area contributed by atoms with Crippen molar-refractivity contribution in [2.75, 3.05) is 0 Å². The largest absolute Gasteiger partial charge is 0.346 e. The highest BCUT2D eigenvalue weighted by atomic mass is 16.2. The first-order valence-electron chi connectivity index (χ1n) is 13.0. The molecule has 1 heterocycles. The molecule has 0 spiro atoms. The molecule has 0 fully saturated rings. The fourth-order valence-electron chi connectivity index (χ4n) is 4.18. The smallest absolute Gasteiger partial charge is 0.224 e. The maximum Gasteiger partial charge on any atom is 0.224 e. The van der Waals surface area contributed by atoms with Crippen molar-refractivity contribution in [2.24, 2.45) is 23.2 Å². The molecule has 1 amide bonds. The molecule has 38 heavy (non-hydrogen) atoms. The van der Waals surface area contributed by atoms with Gasteiger partial charge in [0.05, 0.1) is 18.2 Å². The minimum absolute atomic E-state index is 0.0830. The zero-order chi connectivity index (χ0) is 28.5. The Kier molecular flexibility index (Phi) is 11.2. The van der Waals surface area contributed by atoms with Crippen LogP contribution in [0.3, 0.4) is 0 Å². The van der Waals surface area contributed by atoms with E-state index in [2.05, 4.69) is 15.3 Å². The molecule has 0 saturated heterocycles. The number of rotatable bonds is 14. The summed E-state index contributed by atoms with van der Waals surface area (Å²) in [7, 11) is 0. The number of aryl methyl sites for hydroxylation is 1. The number of aromatic nitrogens is 2. The SMILES string of the molecule is CC(C)[C@H](CC(=O)[C@H](C)NC(=O)[C@@H](CC(=O)c1cnccn1)C(C)(C)C)C(=O)C(=O)CCc1ccccc1. The van der Waals surface area contributed by atoms with Crippen molar-refractivity contribution in [3.63, 3.8) is 0 Å². The summed E-state index contributed by atoms with van der Waals surface area (Å²) < 4.78 is 0. The second-order valence-corrected chi connectivity index (χ2v) is 11.2. The van der Waals surface area contributed by atoms with Crippen LogP contribution in [0.2, 0.25) is 0 Å². The predicted octanol–water partition coefficient (Wildman–Crippen LogP) is 4.22. The van der Waals surface area contributed by atoms with Crippen molar-refractivity contribution in [2.45, 2.75) is 73.3 Å². The molecule has 8 heteroatoms. The molecule has 0 unspecified atom stereocenters. The predicted molar refractivity (Wildman–Crippen MR) is 144 cm³/mol. The zero-order valence-corrected chi connectivity index (χ0v) is 23.2. The Balaban J connectivity index is 2.02. The summed E-state index contributed by atoms with van der Waals surface area (Å²) in [4.78, 5) is 72.4. The van der Waals surface area contributed by atoms with Gasteiger partial charge in [0.25, 0.3) is 0 Å². The number of nitrogens with one attached hydrogen (secondary N) is 1. The molecule has 1 aromatic heterocycles. The molecule has 2 aromatic rings. The maximum absolute atomic E-state index is 13.2. The lowest BCUT2D eigenvalue weighted by Gasteiger charge is -2.30. The molecule has 2 rings (SSSR count). The Morgan fingerprint density at radius 1 is 0.921 bits per heavy atom. The molecule has 0 saturated carbocycles. The van der Waals surface area contributed by atoms with Crippen molar-refractivity contribution in [1.29, 1.82) is 0 Å². The number of Topliss-reactive ketones (excluding diaryl/α,β-unsaturated/α-hetero) is 4. The summed E-state index contributed by atoms with van der Waals surface area (Å²) in [5.41, 5.74) is 0.578. The first kappa shape index (κ1) is 30.7. The fraction of sp³-hybridized carbons (Fsp3) is 0.500. The summed E-state index contributed by atoms with van der Waals surface area (Å²) >= 11 is 0. The summed E-state index contributed by atoms with van der Waals surface area (Å²) in [6.45, 7) is 10.7. The van der Waals surface area contributed by atoms with Gasteiger partial charge in [-0.25, -0.2) is 4.98 Å². The van der Waals surface area contributed by atoms with Crippen molar-refractivity contribution in [3.05, 3.63) is 60.2 Å². The molecule has 0 radical (unpaired) electrons. The summed E-state index contributed by atoms with van der Waals surface area (Å²) in [6, 6.07) is 8.56. The van der Waals surface area contributed by atoms with Crippen LogP contribution in [0.25, 0.3) is 0 Å². The number of nitrogens with zero attached hydrogens (tertiary/aromatic N) is 2. The minimum Gasteiger partial charge on any atom is -0.346 e. The van der Waals surface area contributed by atoms with Crippen LogP contribution >= 0.6 is 0 Å². The molecule has 0 aliphatic carbocycles. The molecular formula is C30H39N3O5. The molecule has 1 aromatic carbocycles. The van der Waals surface area contributed by atoms with E-state index in [4.69, 9.17) is 0 Å². The topological polar surface area (TPSA) is 123 Å². The molecule has 1 N–H and O–H groups in total. The van der Waals surface area contributed by atoms with Gasteiger partial charge >= 0.3 is 0 Å². The summed E-state index contributed by atoms with van der Waals surface area (Å²) in [5, 5.41) is 2.73. The molecular weight excluding hydrogens is 482 g/mol. The number of carbonyl (C=O) groups excluding carboxylic acids is 5. The van der Waals surface area contributed by atoms with E-state index in [1.54, 1.807) is 20.8 Å². The number of hydrogen-bond donors (Lipinski definition) is 1.